The molecule has 0 bridgehead atoms. The van der Waals surface area contributed by atoms with E-state index in [2.05, 4.69) is 5.32 Å². The summed E-state index contributed by atoms with van der Waals surface area (Å²) in [5.74, 6) is 0.563. The van der Waals surface area contributed by atoms with E-state index in [0.717, 1.165) is 11.3 Å². The van der Waals surface area contributed by atoms with Crippen LogP contribution in [-0.4, -0.2) is 19.1 Å². The molecule has 2 aromatic rings. The zero-order chi connectivity index (χ0) is 15.9. The van der Waals surface area contributed by atoms with Gasteiger partial charge in [-0.2, -0.15) is 0 Å². The molecule has 0 fully saturated rings. The van der Waals surface area contributed by atoms with Crippen molar-refractivity contribution in [2.24, 2.45) is 0 Å². The molecular formula is C17H20N2O3. The Kier molecular flexibility index (Phi) is 5.38. The predicted octanol–water partition coefficient (Wildman–Crippen LogP) is 2.82. The number of nitrogens with two attached hydrogens (primary N) is 1. The molecule has 0 saturated carbocycles. The van der Waals surface area contributed by atoms with Gasteiger partial charge in [-0.15, -0.1) is 0 Å². The van der Waals surface area contributed by atoms with Gasteiger partial charge in [0.15, 0.2) is 0 Å². The van der Waals surface area contributed by atoms with Gasteiger partial charge in [-0.1, -0.05) is 12.1 Å². The Bertz CT molecular complexity index is 626. The molecule has 5 heteroatoms. The lowest BCUT2D eigenvalue weighted by Gasteiger charge is -2.14. The third-order valence-electron chi connectivity index (χ3n) is 3.18. The van der Waals surface area contributed by atoms with Gasteiger partial charge in [-0.25, -0.2) is 0 Å². The lowest BCUT2D eigenvalue weighted by molar-refractivity contribution is -0.127. The summed E-state index contributed by atoms with van der Waals surface area (Å²) >= 11 is 0. The van der Waals surface area contributed by atoms with Crippen LogP contribution in [0, 0.1) is 0 Å². The van der Waals surface area contributed by atoms with Crippen molar-refractivity contribution >= 4 is 17.3 Å². The minimum Gasteiger partial charge on any atom is -0.497 e. The zero-order valence-electron chi connectivity index (χ0n) is 12.7. The van der Waals surface area contributed by atoms with Crippen molar-refractivity contribution in [1.29, 1.82) is 0 Å². The topological polar surface area (TPSA) is 73.6 Å². The fourth-order valence-corrected chi connectivity index (χ4v) is 1.87. The van der Waals surface area contributed by atoms with Gasteiger partial charge in [0.25, 0.3) is 5.91 Å². The van der Waals surface area contributed by atoms with E-state index in [1.54, 1.807) is 38.3 Å². The van der Waals surface area contributed by atoms with Crippen molar-refractivity contribution < 1.29 is 14.3 Å². The highest BCUT2D eigenvalue weighted by atomic mass is 16.5. The second-order valence-electron chi connectivity index (χ2n) is 4.92. The van der Waals surface area contributed by atoms with Crippen LogP contribution in [0.15, 0.2) is 48.5 Å². The smallest absolute Gasteiger partial charge is 0.253 e. The number of carbonyl (C=O) groups excluding carboxylic acids is 1. The molecular weight excluding hydrogens is 280 g/mol. The van der Waals surface area contributed by atoms with Crippen molar-refractivity contribution in [3.05, 3.63) is 54.1 Å². The van der Waals surface area contributed by atoms with Crippen LogP contribution in [0.4, 0.5) is 11.4 Å². The molecule has 2 rings (SSSR count). The number of hydrogen-bond donors (Lipinski definition) is 2. The van der Waals surface area contributed by atoms with Gasteiger partial charge < -0.3 is 20.5 Å². The average molecular weight is 300 g/mol. The molecule has 0 heterocycles. The number of nitrogens with one attached hydrogen (secondary N) is 1. The van der Waals surface area contributed by atoms with Gasteiger partial charge in [-0.05, 0) is 48.9 Å². The molecule has 0 saturated heterocycles. The highest BCUT2D eigenvalue weighted by Crippen LogP contribution is 2.15. The first-order valence-corrected chi connectivity index (χ1v) is 6.99. The van der Waals surface area contributed by atoms with Crippen molar-refractivity contribution in [2.75, 3.05) is 18.2 Å². The Morgan fingerprint density at radius 2 is 1.95 bits per heavy atom. The van der Waals surface area contributed by atoms with Crippen LogP contribution < -0.4 is 15.8 Å². The van der Waals surface area contributed by atoms with E-state index in [-0.39, 0.29) is 5.91 Å². The number of hydrogen-bond acceptors (Lipinski definition) is 4. The van der Waals surface area contributed by atoms with Gasteiger partial charge in [0.2, 0.25) is 0 Å². The van der Waals surface area contributed by atoms with E-state index in [1.165, 1.54) is 0 Å². The molecule has 0 radical (unpaired) electrons. The van der Waals surface area contributed by atoms with E-state index in [9.17, 15) is 4.79 Å². The first-order chi connectivity index (χ1) is 10.6. The minimum absolute atomic E-state index is 0.201. The highest BCUT2D eigenvalue weighted by molar-refractivity contribution is 5.94. The summed E-state index contributed by atoms with van der Waals surface area (Å²) in [6.07, 6.45) is -0.566. The van der Waals surface area contributed by atoms with Crippen LogP contribution in [0.1, 0.15) is 12.5 Å². The molecule has 0 aliphatic rings. The monoisotopic (exact) mass is 300 g/mol. The third kappa shape index (κ3) is 4.49. The quantitative estimate of drug-likeness (QED) is 0.805. The molecule has 2 aromatic carbocycles. The Morgan fingerprint density at radius 1 is 1.23 bits per heavy atom. The van der Waals surface area contributed by atoms with Crippen LogP contribution in [0.5, 0.6) is 5.75 Å². The fraction of sp³-hybridized carbons (Fsp3) is 0.235. The van der Waals surface area contributed by atoms with E-state index in [4.69, 9.17) is 15.2 Å². The van der Waals surface area contributed by atoms with Crippen LogP contribution in [0.2, 0.25) is 0 Å². The molecule has 116 valence electrons. The van der Waals surface area contributed by atoms with Crippen molar-refractivity contribution in [2.45, 2.75) is 19.6 Å². The largest absolute Gasteiger partial charge is 0.497 e. The van der Waals surface area contributed by atoms with E-state index < -0.39 is 6.10 Å². The van der Waals surface area contributed by atoms with Crippen molar-refractivity contribution in [3.8, 4) is 5.75 Å². The first kappa shape index (κ1) is 15.9. The Balaban J connectivity index is 1.86. The molecule has 1 amide bonds. The highest BCUT2D eigenvalue weighted by Gasteiger charge is 2.13. The minimum atomic E-state index is -0.566. The lowest BCUT2D eigenvalue weighted by Crippen LogP contribution is -2.27. The molecule has 1 atom stereocenters. The SMILES string of the molecule is COc1cccc(COC(C)C(=O)Nc2ccc(N)cc2)c1. The Morgan fingerprint density at radius 3 is 2.64 bits per heavy atom. The average Bonchev–Trinajstić information content (AvgIpc) is 2.54. The van der Waals surface area contributed by atoms with Gasteiger partial charge >= 0.3 is 0 Å². The van der Waals surface area contributed by atoms with Crippen LogP contribution in [0.25, 0.3) is 0 Å². The molecule has 0 spiro atoms. The molecule has 3 N–H and O–H groups in total. The maximum Gasteiger partial charge on any atom is 0.253 e. The van der Waals surface area contributed by atoms with Gasteiger partial charge in [0.05, 0.1) is 13.7 Å². The number of ether oxygens (including phenoxy) is 2. The number of methoxy groups -OCH3 is 1. The van der Waals surface area contributed by atoms with Crippen LogP contribution in [-0.2, 0) is 16.1 Å². The lowest BCUT2D eigenvalue weighted by atomic mass is 10.2. The van der Waals surface area contributed by atoms with E-state index in [0.29, 0.717) is 18.0 Å². The zero-order valence-corrected chi connectivity index (χ0v) is 12.7. The predicted molar refractivity (Wildman–Crippen MR) is 86.7 cm³/mol. The number of carbonyl (C=O) groups is 1. The van der Waals surface area contributed by atoms with Crippen molar-refractivity contribution in [3.63, 3.8) is 0 Å². The number of amides is 1. The Hall–Kier alpha value is -2.53. The molecule has 22 heavy (non-hydrogen) atoms. The molecule has 0 aliphatic heterocycles. The van der Waals surface area contributed by atoms with Crippen molar-refractivity contribution in [1.82, 2.24) is 0 Å². The van der Waals surface area contributed by atoms with Gasteiger partial charge in [0, 0.05) is 11.4 Å². The summed E-state index contributed by atoms with van der Waals surface area (Å²) in [6, 6.07) is 14.5. The molecule has 5 nitrogen and oxygen atoms in total. The van der Waals surface area contributed by atoms with Crippen LogP contribution in [0.3, 0.4) is 0 Å². The summed E-state index contributed by atoms with van der Waals surface area (Å²) in [5.41, 5.74) is 7.90. The van der Waals surface area contributed by atoms with Gasteiger partial charge in [0.1, 0.15) is 11.9 Å². The molecule has 1 unspecified atom stereocenters. The standard InChI is InChI=1S/C17H20N2O3/c1-12(17(20)19-15-8-6-14(18)7-9-15)22-11-13-4-3-5-16(10-13)21-2/h3-10,12H,11,18H2,1-2H3,(H,19,20). The number of nitrogen functional groups attached to an aromatic ring is 1. The summed E-state index contributed by atoms with van der Waals surface area (Å²) < 4.78 is 10.7. The summed E-state index contributed by atoms with van der Waals surface area (Å²) in [5, 5.41) is 2.78. The second-order valence-corrected chi connectivity index (χ2v) is 4.92. The summed E-state index contributed by atoms with van der Waals surface area (Å²) in [6.45, 7) is 2.06. The third-order valence-corrected chi connectivity index (χ3v) is 3.18. The Labute approximate surface area is 130 Å². The first-order valence-electron chi connectivity index (χ1n) is 6.99. The summed E-state index contributed by atoms with van der Waals surface area (Å²) in [4.78, 5) is 12.0. The summed E-state index contributed by atoms with van der Waals surface area (Å²) in [7, 11) is 1.61. The maximum absolute atomic E-state index is 12.0. The normalized spacial score (nSPS) is 11.7. The maximum atomic E-state index is 12.0. The van der Waals surface area contributed by atoms with Crippen LogP contribution >= 0.6 is 0 Å². The molecule has 0 aliphatic carbocycles. The second kappa shape index (κ2) is 7.47. The van der Waals surface area contributed by atoms with E-state index in [1.807, 2.05) is 24.3 Å². The number of rotatable bonds is 6. The molecule has 0 aromatic heterocycles. The fourth-order valence-electron chi connectivity index (χ4n) is 1.87. The number of anilines is 2. The number of benzene rings is 2. The van der Waals surface area contributed by atoms with Gasteiger partial charge in [-0.3, -0.25) is 4.79 Å². The van der Waals surface area contributed by atoms with E-state index >= 15 is 0 Å².